The number of rotatable bonds is 3. The van der Waals surface area contributed by atoms with Gasteiger partial charge in [-0.05, 0) is 40.1 Å². The van der Waals surface area contributed by atoms with E-state index in [1.165, 1.54) is 11.3 Å². The highest BCUT2D eigenvalue weighted by Crippen LogP contribution is 2.30. The van der Waals surface area contributed by atoms with Crippen LogP contribution in [0.4, 0.5) is 8.78 Å². The van der Waals surface area contributed by atoms with E-state index in [2.05, 4.69) is 0 Å². The standard InChI is InChI=1S/C13H10F2OS/c1-16-11-4-2-9(3-5-11)12(13(14)15)10-6-7-17-8-10/h2-8H,1H3. The van der Waals surface area contributed by atoms with Gasteiger partial charge in [-0.25, -0.2) is 0 Å². The summed E-state index contributed by atoms with van der Waals surface area (Å²) in [5, 5.41) is 3.49. The Kier molecular flexibility index (Phi) is 3.54. The van der Waals surface area contributed by atoms with Gasteiger partial charge < -0.3 is 4.74 Å². The van der Waals surface area contributed by atoms with Gasteiger partial charge in [-0.2, -0.15) is 20.1 Å². The summed E-state index contributed by atoms with van der Waals surface area (Å²) in [7, 11) is 1.54. The van der Waals surface area contributed by atoms with E-state index in [1.807, 2.05) is 0 Å². The second-order valence-electron chi connectivity index (χ2n) is 3.38. The Morgan fingerprint density at radius 2 is 1.76 bits per heavy atom. The molecule has 0 saturated carbocycles. The highest BCUT2D eigenvalue weighted by Gasteiger charge is 2.12. The highest BCUT2D eigenvalue weighted by atomic mass is 32.1. The van der Waals surface area contributed by atoms with E-state index >= 15 is 0 Å². The molecule has 2 aromatic rings. The zero-order valence-electron chi connectivity index (χ0n) is 9.11. The van der Waals surface area contributed by atoms with E-state index < -0.39 is 6.08 Å². The molecule has 0 amide bonds. The summed E-state index contributed by atoms with van der Waals surface area (Å²) in [5.41, 5.74) is 1.01. The maximum absolute atomic E-state index is 13.0. The Bertz CT molecular complexity index is 511. The van der Waals surface area contributed by atoms with Crippen molar-refractivity contribution in [2.24, 2.45) is 0 Å². The molecule has 2 rings (SSSR count). The van der Waals surface area contributed by atoms with Crippen LogP contribution in [0.1, 0.15) is 11.1 Å². The van der Waals surface area contributed by atoms with Crippen LogP contribution in [-0.2, 0) is 0 Å². The first kappa shape index (κ1) is 11.8. The van der Waals surface area contributed by atoms with Crippen molar-refractivity contribution in [3.05, 3.63) is 58.3 Å². The molecule has 0 N–H and O–H groups in total. The molecule has 0 aliphatic rings. The Morgan fingerprint density at radius 1 is 1.06 bits per heavy atom. The summed E-state index contributed by atoms with van der Waals surface area (Å²) in [6.45, 7) is 0. The van der Waals surface area contributed by atoms with Crippen molar-refractivity contribution < 1.29 is 13.5 Å². The van der Waals surface area contributed by atoms with Gasteiger partial charge in [0.2, 0.25) is 0 Å². The summed E-state index contributed by atoms with van der Waals surface area (Å²) < 4.78 is 31.0. The second-order valence-corrected chi connectivity index (χ2v) is 4.16. The lowest BCUT2D eigenvalue weighted by atomic mass is 10.0. The van der Waals surface area contributed by atoms with E-state index in [-0.39, 0.29) is 5.57 Å². The summed E-state index contributed by atoms with van der Waals surface area (Å²) in [6.07, 6.45) is -1.67. The fourth-order valence-electron chi connectivity index (χ4n) is 1.55. The maximum atomic E-state index is 13.0. The first-order valence-electron chi connectivity index (χ1n) is 4.94. The molecule has 4 heteroatoms. The molecule has 0 aliphatic carbocycles. The number of ether oxygens (including phenoxy) is 1. The maximum Gasteiger partial charge on any atom is 0.278 e. The molecule has 1 aromatic heterocycles. The molecule has 0 aliphatic heterocycles. The topological polar surface area (TPSA) is 9.23 Å². The highest BCUT2D eigenvalue weighted by molar-refractivity contribution is 7.08. The fourth-order valence-corrected chi connectivity index (χ4v) is 2.20. The van der Waals surface area contributed by atoms with Gasteiger partial charge in [-0.15, -0.1) is 0 Å². The molecule has 88 valence electrons. The smallest absolute Gasteiger partial charge is 0.278 e. The molecule has 1 nitrogen and oxygen atoms in total. The average molecular weight is 252 g/mol. The monoisotopic (exact) mass is 252 g/mol. The van der Waals surface area contributed by atoms with Crippen molar-refractivity contribution in [1.82, 2.24) is 0 Å². The molecule has 0 fully saturated rings. The Balaban J connectivity index is 2.45. The number of benzene rings is 1. The van der Waals surface area contributed by atoms with Crippen molar-refractivity contribution in [1.29, 1.82) is 0 Å². The Labute approximate surface area is 102 Å². The number of halogens is 2. The Morgan fingerprint density at radius 3 is 2.24 bits per heavy atom. The lowest BCUT2D eigenvalue weighted by Gasteiger charge is -2.06. The van der Waals surface area contributed by atoms with Crippen LogP contribution in [0, 0.1) is 0 Å². The van der Waals surface area contributed by atoms with E-state index in [0.717, 1.165) is 0 Å². The van der Waals surface area contributed by atoms with Crippen molar-refractivity contribution in [3.8, 4) is 5.75 Å². The molecular weight excluding hydrogens is 242 g/mol. The van der Waals surface area contributed by atoms with Crippen LogP contribution >= 0.6 is 11.3 Å². The van der Waals surface area contributed by atoms with Gasteiger partial charge in [-0.3, -0.25) is 0 Å². The molecule has 0 atom stereocenters. The fraction of sp³-hybridized carbons (Fsp3) is 0.0769. The predicted octanol–water partition coefficient (Wildman–Crippen LogP) is 4.41. The average Bonchev–Trinajstić information content (AvgIpc) is 2.83. The lowest BCUT2D eigenvalue weighted by molar-refractivity contribution is 0.414. The first-order chi connectivity index (χ1) is 8.22. The summed E-state index contributed by atoms with van der Waals surface area (Å²) in [5.74, 6) is 0.651. The van der Waals surface area contributed by atoms with Crippen LogP contribution in [0.15, 0.2) is 47.2 Å². The van der Waals surface area contributed by atoms with Crippen LogP contribution < -0.4 is 4.74 Å². The zero-order chi connectivity index (χ0) is 12.3. The van der Waals surface area contributed by atoms with Crippen molar-refractivity contribution in [3.63, 3.8) is 0 Å². The number of thiophene rings is 1. The number of methoxy groups -OCH3 is 1. The van der Waals surface area contributed by atoms with Crippen LogP contribution in [0.3, 0.4) is 0 Å². The van der Waals surface area contributed by atoms with E-state index in [4.69, 9.17) is 4.74 Å². The van der Waals surface area contributed by atoms with Gasteiger partial charge in [0.25, 0.3) is 6.08 Å². The van der Waals surface area contributed by atoms with Crippen molar-refractivity contribution in [2.45, 2.75) is 0 Å². The number of hydrogen-bond acceptors (Lipinski definition) is 2. The third-order valence-corrected chi connectivity index (χ3v) is 3.06. The Hall–Kier alpha value is -1.68. The third-order valence-electron chi connectivity index (χ3n) is 2.38. The predicted molar refractivity (Wildman–Crippen MR) is 65.6 cm³/mol. The van der Waals surface area contributed by atoms with E-state index in [0.29, 0.717) is 16.9 Å². The quantitative estimate of drug-likeness (QED) is 0.786. The van der Waals surface area contributed by atoms with Crippen molar-refractivity contribution >= 4 is 16.9 Å². The van der Waals surface area contributed by atoms with Crippen LogP contribution in [-0.4, -0.2) is 7.11 Å². The summed E-state index contributed by atoms with van der Waals surface area (Å²) >= 11 is 1.40. The van der Waals surface area contributed by atoms with Crippen LogP contribution in [0.2, 0.25) is 0 Å². The van der Waals surface area contributed by atoms with Gasteiger partial charge in [0, 0.05) is 0 Å². The van der Waals surface area contributed by atoms with Gasteiger partial charge >= 0.3 is 0 Å². The molecule has 17 heavy (non-hydrogen) atoms. The van der Waals surface area contributed by atoms with Crippen molar-refractivity contribution in [2.75, 3.05) is 7.11 Å². The largest absolute Gasteiger partial charge is 0.497 e. The molecular formula is C13H10F2OS. The third kappa shape index (κ3) is 2.53. The van der Waals surface area contributed by atoms with Crippen LogP contribution in [0.5, 0.6) is 5.75 Å². The number of hydrogen-bond donors (Lipinski definition) is 0. The van der Waals surface area contributed by atoms with E-state index in [1.54, 1.807) is 48.2 Å². The molecule has 0 bridgehead atoms. The minimum Gasteiger partial charge on any atom is -0.497 e. The molecule has 0 radical (unpaired) electrons. The SMILES string of the molecule is COc1ccc(C(=C(F)F)c2ccsc2)cc1. The molecule has 0 saturated heterocycles. The minimum absolute atomic E-state index is 0.0195. The normalized spacial score (nSPS) is 10.1. The minimum atomic E-state index is -1.67. The molecule has 1 aromatic carbocycles. The van der Waals surface area contributed by atoms with Gasteiger partial charge in [0.05, 0.1) is 12.7 Å². The van der Waals surface area contributed by atoms with Gasteiger partial charge in [-0.1, -0.05) is 12.1 Å². The van der Waals surface area contributed by atoms with Crippen LogP contribution in [0.25, 0.3) is 5.57 Å². The van der Waals surface area contributed by atoms with Gasteiger partial charge in [0.15, 0.2) is 0 Å². The first-order valence-corrected chi connectivity index (χ1v) is 5.89. The molecule has 0 spiro atoms. The second kappa shape index (κ2) is 5.10. The molecule has 1 heterocycles. The summed E-state index contributed by atoms with van der Waals surface area (Å²) in [6, 6.07) is 8.29. The summed E-state index contributed by atoms with van der Waals surface area (Å²) in [4.78, 5) is 0. The van der Waals surface area contributed by atoms with E-state index in [9.17, 15) is 8.78 Å². The molecule has 0 unspecified atom stereocenters. The van der Waals surface area contributed by atoms with Gasteiger partial charge in [0.1, 0.15) is 5.75 Å². The lowest BCUT2D eigenvalue weighted by Crippen LogP contribution is -1.88. The zero-order valence-corrected chi connectivity index (χ0v) is 9.93.